The van der Waals surface area contributed by atoms with Crippen molar-refractivity contribution in [1.29, 1.82) is 0 Å². The van der Waals surface area contributed by atoms with Gasteiger partial charge >= 0.3 is 5.97 Å². The summed E-state index contributed by atoms with van der Waals surface area (Å²) in [6.45, 7) is 0.715. The number of ether oxygens (including phenoxy) is 2. The van der Waals surface area contributed by atoms with Crippen LogP contribution >= 0.6 is 0 Å². The van der Waals surface area contributed by atoms with Gasteiger partial charge in [0.1, 0.15) is 13.1 Å². The third-order valence-electron chi connectivity index (χ3n) is 2.24. The number of esters is 1. The molecule has 1 aromatic carbocycles. The Labute approximate surface area is 104 Å². The van der Waals surface area contributed by atoms with E-state index >= 15 is 0 Å². The van der Waals surface area contributed by atoms with Gasteiger partial charge in [0.25, 0.3) is 5.82 Å². The van der Waals surface area contributed by atoms with E-state index in [1.54, 1.807) is 0 Å². The van der Waals surface area contributed by atoms with Gasteiger partial charge in [-0.3, -0.25) is 0 Å². The second kappa shape index (κ2) is 5.92. The van der Waals surface area contributed by atoms with Gasteiger partial charge in [0, 0.05) is 0 Å². The van der Waals surface area contributed by atoms with Crippen LogP contribution in [0.1, 0.15) is 16.2 Å². The molecule has 0 unspecified atom stereocenters. The Morgan fingerprint density at radius 2 is 2.11 bits per heavy atom. The lowest BCUT2D eigenvalue weighted by molar-refractivity contribution is 0.0527. The fraction of sp³-hybridized carbons (Fsp3) is 0.250. The van der Waals surface area contributed by atoms with Crippen molar-refractivity contribution in [3.8, 4) is 0 Å². The van der Waals surface area contributed by atoms with Gasteiger partial charge in [-0.25, -0.2) is 14.5 Å². The van der Waals surface area contributed by atoms with E-state index in [-0.39, 0.29) is 12.6 Å². The van der Waals surface area contributed by atoms with Crippen LogP contribution in [0.3, 0.4) is 0 Å². The van der Waals surface area contributed by atoms with Crippen LogP contribution in [0.2, 0.25) is 0 Å². The van der Waals surface area contributed by atoms with E-state index in [4.69, 9.17) is 4.74 Å². The van der Waals surface area contributed by atoms with Crippen LogP contribution in [0.15, 0.2) is 36.7 Å². The molecular formula is C12H13N3O3. The van der Waals surface area contributed by atoms with Crippen molar-refractivity contribution in [3.05, 3.63) is 48.0 Å². The first-order chi connectivity index (χ1) is 8.79. The smallest absolute Gasteiger partial charge is 0.377 e. The van der Waals surface area contributed by atoms with Crippen molar-refractivity contribution in [2.45, 2.75) is 13.3 Å². The van der Waals surface area contributed by atoms with Crippen molar-refractivity contribution < 1.29 is 14.3 Å². The SMILES string of the molecule is COC(=O)c1ncn(COCc2ccccc2)n1. The average Bonchev–Trinajstić information content (AvgIpc) is 2.88. The van der Waals surface area contributed by atoms with Crippen LogP contribution in [0, 0.1) is 0 Å². The highest BCUT2D eigenvalue weighted by atomic mass is 16.5. The number of benzene rings is 1. The molecule has 2 rings (SSSR count). The first-order valence-corrected chi connectivity index (χ1v) is 5.39. The van der Waals surface area contributed by atoms with Crippen molar-refractivity contribution in [1.82, 2.24) is 14.8 Å². The summed E-state index contributed by atoms with van der Waals surface area (Å²) in [5.41, 5.74) is 1.07. The van der Waals surface area contributed by atoms with Crippen LogP contribution in [-0.2, 0) is 22.8 Å². The Balaban J connectivity index is 1.84. The van der Waals surface area contributed by atoms with Crippen LogP contribution in [0.4, 0.5) is 0 Å². The van der Waals surface area contributed by atoms with Crippen LogP contribution in [0.25, 0.3) is 0 Å². The molecule has 0 saturated carbocycles. The normalized spacial score (nSPS) is 10.3. The molecule has 0 radical (unpaired) electrons. The monoisotopic (exact) mass is 247 g/mol. The molecule has 6 nitrogen and oxygen atoms in total. The van der Waals surface area contributed by atoms with Crippen molar-refractivity contribution in [2.75, 3.05) is 7.11 Å². The van der Waals surface area contributed by atoms with Crippen molar-refractivity contribution in [2.24, 2.45) is 0 Å². The maximum absolute atomic E-state index is 11.1. The molecule has 0 saturated heterocycles. The Morgan fingerprint density at radius 3 is 2.83 bits per heavy atom. The lowest BCUT2D eigenvalue weighted by Crippen LogP contribution is -2.07. The lowest BCUT2D eigenvalue weighted by Gasteiger charge is -2.03. The average molecular weight is 247 g/mol. The zero-order valence-corrected chi connectivity index (χ0v) is 9.94. The first-order valence-electron chi connectivity index (χ1n) is 5.39. The van der Waals surface area contributed by atoms with Gasteiger partial charge in [-0.1, -0.05) is 30.3 Å². The van der Waals surface area contributed by atoms with E-state index in [0.717, 1.165) is 5.56 Å². The highest BCUT2D eigenvalue weighted by Gasteiger charge is 2.10. The summed E-state index contributed by atoms with van der Waals surface area (Å²) >= 11 is 0. The van der Waals surface area contributed by atoms with Gasteiger partial charge in [-0.2, -0.15) is 0 Å². The summed E-state index contributed by atoms with van der Waals surface area (Å²) in [7, 11) is 1.29. The maximum atomic E-state index is 11.1. The third-order valence-corrected chi connectivity index (χ3v) is 2.24. The molecule has 1 heterocycles. The molecule has 0 aliphatic heterocycles. The molecule has 0 fully saturated rings. The van der Waals surface area contributed by atoms with Crippen molar-refractivity contribution in [3.63, 3.8) is 0 Å². The molecule has 0 amide bonds. The predicted octanol–water partition coefficient (Wildman–Crippen LogP) is 1.24. The van der Waals surface area contributed by atoms with Gasteiger partial charge in [0.15, 0.2) is 0 Å². The third kappa shape index (κ3) is 3.14. The Morgan fingerprint density at radius 1 is 1.33 bits per heavy atom. The second-order valence-corrected chi connectivity index (χ2v) is 3.56. The summed E-state index contributed by atoms with van der Waals surface area (Å²) in [5.74, 6) is -0.530. The van der Waals surface area contributed by atoms with E-state index in [0.29, 0.717) is 6.61 Å². The topological polar surface area (TPSA) is 66.2 Å². The first kappa shape index (κ1) is 12.3. The summed E-state index contributed by atoms with van der Waals surface area (Å²) in [6.07, 6.45) is 1.43. The maximum Gasteiger partial charge on any atom is 0.377 e. The van der Waals surface area contributed by atoms with Gasteiger partial charge in [-0.05, 0) is 5.56 Å². The minimum Gasteiger partial charge on any atom is -0.463 e. The fourth-order valence-corrected chi connectivity index (χ4v) is 1.37. The number of rotatable bonds is 5. The van der Waals surface area contributed by atoms with E-state index in [2.05, 4.69) is 14.8 Å². The van der Waals surface area contributed by atoms with E-state index in [1.807, 2.05) is 30.3 Å². The zero-order chi connectivity index (χ0) is 12.8. The summed E-state index contributed by atoms with van der Waals surface area (Å²) < 4.78 is 11.4. The number of hydrogen-bond acceptors (Lipinski definition) is 5. The molecule has 0 N–H and O–H groups in total. The van der Waals surface area contributed by atoms with Gasteiger partial charge in [0.2, 0.25) is 0 Å². The van der Waals surface area contributed by atoms with Gasteiger partial charge in [0.05, 0.1) is 13.7 Å². The van der Waals surface area contributed by atoms with E-state index < -0.39 is 5.97 Å². The van der Waals surface area contributed by atoms with Crippen LogP contribution in [0.5, 0.6) is 0 Å². The van der Waals surface area contributed by atoms with Crippen molar-refractivity contribution >= 4 is 5.97 Å². The molecule has 0 atom stereocenters. The molecular weight excluding hydrogens is 234 g/mol. The summed E-state index contributed by atoms with van der Waals surface area (Å²) in [4.78, 5) is 14.9. The molecule has 0 spiro atoms. The molecule has 94 valence electrons. The summed E-state index contributed by atoms with van der Waals surface area (Å²) in [5, 5.41) is 3.92. The Hall–Kier alpha value is -2.21. The minimum absolute atomic E-state index is 0.0285. The molecule has 0 aliphatic rings. The fourth-order valence-electron chi connectivity index (χ4n) is 1.37. The largest absolute Gasteiger partial charge is 0.463 e. The van der Waals surface area contributed by atoms with Crippen LogP contribution in [-0.4, -0.2) is 27.8 Å². The van der Waals surface area contributed by atoms with Crippen LogP contribution < -0.4 is 0 Å². The number of carbonyl (C=O) groups excluding carboxylic acids is 1. The highest BCUT2D eigenvalue weighted by molar-refractivity contribution is 5.84. The summed E-state index contributed by atoms with van der Waals surface area (Å²) in [6, 6.07) is 9.79. The highest BCUT2D eigenvalue weighted by Crippen LogP contribution is 2.01. The number of methoxy groups -OCH3 is 1. The number of nitrogens with zero attached hydrogens (tertiary/aromatic N) is 3. The van der Waals surface area contributed by atoms with Gasteiger partial charge < -0.3 is 9.47 Å². The lowest BCUT2D eigenvalue weighted by atomic mass is 10.2. The minimum atomic E-state index is -0.559. The molecule has 18 heavy (non-hydrogen) atoms. The van der Waals surface area contributed by atoms with E-state index in [1.165, 1.54) is 18.1 Å². The van der Waals surface area contributed by atoms with Gasteiger partial charge in [-0.15, -0.1) is 5.10 Å². The molecule has 0 bridgehead atoms. The second-order valence-electron chi connectivity index (χ2n) is 3.56. The zero-order valence-electron chi connectivity index (χ0n) is 9.94. The molecule has 1 aromatic heterocycles. The number of hydrogen-bond donors (Lipinski definition) is 0. The molecule has 6 heteroatoms. The molecule has 0 aliphatic carbocycles. The number of aromatic nitrogens is 3. The number of carbonyl (C=O) groups is 1. The quantitative estimate of drug-likeness (QED) is 0.744. The Kier molecular flexibility index (Phi) is 4.03. The molecule has 2 aromatic rings. The predicted molar refractivity (Wildman–Crippen MR) is 62.6 cm³/mol. The standard InChI is InChI=1S/C12H13N3O3/c1-17-12(16)11-13-8-15(14-11)9-18-7-10-5-3-2-4-6-10/h2-6,8H,7,9H2,1H3. The van der Waals surface area contributed by atoms with E-state index in [9.17, 15) is 4.79 Å². The Bertz CT molecular complexity index is 510.